The van der Waals surface area contributed by atoms with Crippen molar-refractivity contribution < 1.29 is 4.74 Å². The lowest BCUT2D eigenvalue weighted by Crippen LogP contribution is -1.95. The highest BCUT2D eigenvalue weighted by atomic mass is 35.5. The number of rotatable bonds is 3. The Hall–Kier alpha value is -2.27. The number of nitrogen functional groups attached to an aromatic ring is 1. The van der Waals surface area contributed by atoms with E-state index < -0.39 is 0 Å². The lowest BCUT2D eigenvalue weighted by atomic mass is 10.1. The van der Waals surface area contributed by atoms with E-state index in [-0.39, 0.29) is 0 Å². The Kier molecular flexibility index (Phi) is 3.43. The maximum absolute atomic E-state index is 6.00. The average Bonchev–Trinajstić information content (AvgIpc) is 2.88. The minimum atomic E-state index is 0.337. The molecule has 2 N–H and O–H groups in total. The van der Waals surface area contributed by atoms with Crippen molar-refractivity contribution in [2.75, 3.05) is 5.73 Å². The summed E-state index contributed by atoms with van der Waals surface area (Å²) in [5, 5.41) is 4.95. The zero-order valence-electron chi connectivity index (χ0n) is 11.7. The predicted molar refractivity (Wildman–Crippen MR) is 83.0 cm³/mol. The summed E-state index contributed by atoms with van der Waals surface area (Å²) in [5.41, 5.74) is 8.01. The molecule has 6 heteroatoms. The van der Waals surface area contributed by atoms with E-state index in [9.17, 15) is 0 Å². The third kappa shape index (κ3) is 2.64. The number of benzene rings is 1. The molecule has 0 amide bonds. The molecule has 5 nitrogen and oxygen atoms in total. The number of fused-ring (bicyclic) bond motifs is 1. The summed E-state index contributed by atoms with van der Waals surface area (Å²) < 4.78 is 7.57. The Morgan fingerprint density at radius 2 is 2.10 bits per heavy atom. The van der Waals surface area contributed by atoms with Gasteiger partial charge in [0.25, 0.3) is 0 Å². The molecular formula is C15H15ClN4O. The molecule has 0 bridgehead atoms. The number of nitrogens with zero attached hydrogens (tertiary/aromatic N) is 3. The SMILES string of the molecule is CC(C)c1cc2c(Oc3ccc(N)c(Cl)c3)nccn2n1. The summed E-state index contributed by atoms with van der Waals surface area (Å²) in [5.74, 6) is 1.41. The number of hydrogen-bond acceptors (Lipinski definition) is 4. The van der Waals surface area contributed by atoms with Crippen LogP contribution in [0.25, 0.3) is 5.52 Å². The first-order valence-electron chi connectivity index (χ1n) is 6.62. The van der Waals surface area contributed by atoms with Crippen LogP contribution in [0.3, 0.4) is 0 Å². The molecule has 0 fully saturated rings. The molecule has 3 aromatic rings. The summed E-state index contributed by atoms with van der Waals surface area (Å²) in [4.78, 5) is 4.27. The molecule has 0 aliphatic heterocycles. The number of hydrogen-bond donors (Lipinski definition) is 1. The van der Waals surface area contributed by atoms with Crippen LogP contribution < -0.4 is 10.5 Å². The summed E-state index contributed by atoms with van der Waals surface area (Å²) in [7, 11) is 0. The van der Waals surface area contributed by atoms with Gasteiger partial charge in [0, 0.05) is 18.5 Å². The van der Waals surface area contributed by atoms with Crippen LogP contribution in [-0.4, -0.2) is 14.6 Å². The van der Waals surface area contributed by atoms with Crippen molar-refractivity contribution in [3.63, 3.8) is 0 Å². The van der Waals surface area contributed by atoms with Crippen molar-refractivity contribution in [1.82, 2.24) is 14.6 Å². The van der Waals surface area contributed by atoms with Gasteiger partial charge in [-0.3, -0.25) is 0 Å². The maximum Gasteiger partial charge on any atom is 0.245 e. The molecular weight excluding hydrogens is 288 g/mol. The van der Waals surface area contributed by atoms with E-state index in [4.69, 9.17) is 22.1 Å². The second-order valence-corrected chi connectivity index (χ2v) is 5.48. The highest BCUT2D eigenvalue weighted by molar-refractivity contribution is 6.33. The van der Waals surface area contributed by atoms with Crippen molar-refractivity contribution in [2.45, 2.75) is 19.8 Å². The van der Waals surface area contributed by atoms with E-state index in [1.54, 1.807) is 35.1 Å². The Bertz CT molecular complexity index is 797. The first-order chi connectivity index (χ1) is 10.0. The molecule has 21 heavy (non-hydrogen) atoms. The zero-order chi connectivity index (χ0) is 15.0. The van der Waals surface area contributed by atoms with Crippen LogP contribution in [0, 0.1) is 0 Å². The number of nitrogens with two attached hydrogens (primary N) is 1. The summed E-state index contributed by atoms with van der Waals surface area (Å²) in [6, 6.07) is 7.10. The van der Waals surface area contributed by atoms with Crippen molar-refractivity contribution in [3.05, 3.63) is 47.4 Å². The van der Waals surface area contributed by atoms with Crippen molar-refractivity contribution in [1.29, 1.82) is 0 Å². The van der Waals surface area contributed by atoms with E-state index in [1.165, 1.54) is 0 Å². The maximum atomic E-state index is 6.00. The molecule has 0 aliphatic carbocycles. The molecule has 0 radical (unpaired) electrons. The average molecular weight is 303 g/mol. The van der Waals surface area contributed by atoms with Crippen LogP contribution in [-0.2, 0) is 0 Å². The van der Waals surface area contributed by atoms with E-state index in [2.05, 4.69) is 23.9 Å². The highest BCUT2D eigenvalue weighted by Crippen LogP contribution is 2.29. The Balaban J connectivity index is 2.01. The van der Waals surface area contributed by atoms with Crippen LogP contribution >= 0.6 is 11.6 Å². The zero-order valence-corrected chi connectivity index (χ0v) is 12.5. The van der Waals surface area contributed by atoms with Gasteiger partial charge in [0.05, 0.1) is 16.4 Å². The van der Waals surface area contributed by atoms with Gasteiger partial charge in [0.2, 0.25) is 5.88 Å². The van der Waals surface area contributed by atoms with E-state index in [0.29, 0.717) is 28.3 Å². The number of halogens is 1. The molecule has 0 atom stereocenters. The third-order valence-electron chi connectivity index (χ3n) is 3.15. The van der Waals surface area contributed by atoms with Gasteiger partial charge in [0.1, 0.15) is 11.3 Å². The van der Waals surface area contributed by atoms with Gasteiger partial charge in [-0.05, 0) is 24.1 Å². The lowest BCUT2D eigenvalue weighted by Gasteiger charge is -2.07. The van der Waals surface area contributed by atoms with Crippen molar-refractivity contribution in [2.24, 2.45) is 0 Å². The molecule has 3 rings (SSSR count). The third-order valence-corrected chi connectivity index (χ3v) is 3.48. The van der Waals surface area contributed by atoms with Crippen LogP contribution in [0.1, 0.15) is 25.5 Å². The quantitative estimate of drug-likeness (QED) is 0.746. The van der Waals surface area contributed by atoms with Gasteiger partial charge < -0.3 is 10.5 Å². The summed E-state index contributed by atoms with van der Waals surface area (Å²) in [6.07, 6.45) is 3.45. The van der Waals surface area contributed by atoms with Gasteiger partial charge in [-0.15, -0.1) is 0 Å². The van der Waals surface area contributed by atoms with E-state index in [1.807, 2.05) is 6.07 Å². The molecule has 0 aliphatic rings. The topological polar surface area (TPSA) is 65.4 Å². The van der Waals surface area contributed by atoms with Crippen molar-refractivity contribution >= 4 is 22.8 Å². The van der Waals surface area contributed by atoms with Crippen LogP contribution in [0.15, 0.2) is 36.7 Å². The fourth-order valence-corrected chi connectivity index (χ4v) is 2.13. The van der Waals surface area contributed by atoms with Crippen LogP contribution in [0.4, 0.5) is 5.69 Å². The predicted octanol–water partition coefficient (Wildman–Crippen LogP) is 3.88. The Morgan fingerprint density at radius 1 is 1.29 bits per heavy atom. The molecule has 2 aromatic heterocycles. The molecule has 108 valence electrons. The summed E-state index contributed by atoms with van der Waals surface area (Å²) >= 11 is 6.00. The smallest absolute Gasteiger partial charge is 0.245 e. The van der Waals surface area contributed by atoms with Crippen LogP contribution in [0.2, 0.25) is 5.02 Å². The van der Waals surface area contributed by atoms with Crippen LogP contribution in [0.5, 0.6) is 11.6 Å². The molecule has 0 spiro atoms. The first-order valence-corrected chi connectivity index (χ1v) is 6.99. The number of anilines is 1. The van der Waals surface area contributed by atoms with Gasteiger partial charge in [-0.2, -0.15) is 5.10 Å². The minimum absolute atomic E-state index is 0.337. The largest absolute Gasteiger partial charge is 0.437 e. The molecule has 0 unspecified atom stereocenters. The fourth-order valence-electron chi connectivity index (χ4n) is 1.96. The fraction of sp³-hybridized carbons (Fsp3) is 0.200. The monoisotopic (exact) mass is 302 g/mol. The Labute approximate surface area is 127 Å². The molecule has 0 saturated carbocycles. The first kappa shape index (κ1) is 13.7. The van der Waals surface area contributed by atoms with Gasteiger partial charge >= 0.3 is 0 Å². The second kappa shape index (κ2) is 5.26. The Morgan fingerprint density at radius 3 is 2.81 bits per heavy atom. The van der Waals surface area contributed by atoms with Gasteiger partial charge in [0.15, 0.2) is 0 Å². The van der Waals surface area contributed by atoms with E-state index >= 15 is 0 Å². The standard InChI is InChI=1S/C15H15ClN4O/c1-9(2)13-8-14-15(18-5-6-20(14)19-13)21-10-3-4-12(17)11(16)7-10/h3-9H,17H2,1-2H3. The van der Waals surface area contributed by atoms with E-state index in [0.717, 1.165) is 11.2 Å². The lowest BCUT2D eigenvalue weighted by molar-refractivity contribution is 0.465. The minimum Gasteiger partial charge on any atom is -0.437 e. The number of ether oxygens (including phenoxy) is 1. The second-order valence-electron chi connectivity index (χ2n) is 5.07. The molecule has 2 heterocycles. The number of aromatic nitrogens is 3. The summed E-state index contributed by atoms with van der Waals surface area (Å²) in [6.45, 7) is 4.19. The molecule has 0 saturated heterocycles. The highest BCUT2D eigenvalue weighted by Gasteiger charge is 2.11. The van der Waals surface area contributed by atoms with Gasteiger partial charge in [-0.1, -0.05) is 25.4 Å². The molecule has 1 aromatic carbocycles. The van der Waals surface area contributed by atoms with Crippen molar-refractivity contribution in [3.8, 4) is 11.6 Å². The van der Waals surface area contributed by atoms with Gasteiger partial charge in [-0.25, -0.2) is 9.50 Å². The normalized spacial score (nSPS) is 11.2.